The first-order chi connectivity index (χ1) is 4.97. The van der Waals surface area contributed by atoms with Gasteiger partial charge >= 0.3 is 0 Å². The molecule has 0 saturated heterocycles. The molecule has 0 atom stereocenters. The molecule has 5 nitrogen and oxygen atoms in total. The van der Waals surface area contributed by atoms with Gasteiger partial charge in [0, 0.05) is 6.42 Å². The quantitative estimate of drug-likeness (QED) is 0.543. The minimum absolute atomic E-state index is 0.439. The number of nitrogens with one attached hydrogen (secondary N) is 1. The van der Waals surface area contributed by atoms with Crippen molar-refractivity contribution < 1.29 is 9.68 Å². The minimum atomic E-state index is 0.439. The van der Waals surface area contributed by atoms with Gasteiger partial charge in [-0.3, -0.25) is 0 Å². The fraction of sp³-hybridized carbons (Fsp3) is 0.600. The van der Waals surface area contributed by atoms with E-state index >= 15 is 0 Å². The summed E-state index contributed by atoms with van der Waals surface area (Å²) in [6.45, 7) is 1.09. The van der Waals surface area contributed by atoms with Crippen LogP contribution in [-0.4, -0.2) is 24.9 Å². The van der Waals surface area contributed by atoms with Crippen LogP contribution in [0.4, 0.5) is 0 Å². The number of nitrogens with zero attached hydrogens (tertiary/aromatic N) is 2. The van der Waals surface area contributed by atoms with E-state index in [4.69, 9.17) is 9.68 Å². The largest absolute Gasteiger partial charge is 0.395 e. The molecule has 2 aliphatic heterocycles. The van der Waals surface area contributed by atoms with Crippen LogP contribution in [0, 0.1) is 0 Å². The van der Waals surface area contributed by atoms with Gasteiger partial charge in [0.1, 0.15) is 12.3 Å². The molecule has 10 heavy (non-hydrogen) atoms. The van der Waals surface area contributed by atoms with Gasteiger partial charge in [-0.2, -0.15) is 0 Å². The van der Waals surface area contributed by atoms with E-state index in [1.54, 1.807) is 0 Å². The van der Waals surface area contributed by atoms with Crippen molar-refractivity contribution in [2.75, 3.05) is 13.3 Å². The molecule has 0 amide bonds. The summed E-state index contributed by atoms with van der Waals surface area (Å²) in [7, 11) is 0. The van der Waals surface area contributed by atoms with Gasteiger partial charge in [0.05, 0.1) is 0 Å². The number of rotatable bonds is 1. The van der Waals surface area contributed by atoms with Gasteiger partial charge in [-0.05, 0) is 0 Å². The highest BCUT2D eigenvalue weighted by molar-refractivity contribution is 6.41. The first-order valence-electron chi connectivity index (χ1n) is 3.10. The van der Waals surface area contributed by atoms with Gasteiger partial charge < -0.3 is 15.0 Å². The molecule has 0 bridgehead atoms. The van der Waals surface area contributed by atoms with Gasteiger partial charge in [0.25, 0.3) is 0 Å². The SMILES string of the molecule is C1CC(C2=NOCN2)=NO1. The fourth-order valence-electron chi connectivity index (χ4n) is 0.858. The van der Waals surface area contributed by atoms with Gasteiger partial charge in [-0.15, -0.1) is 0 Å². The Bertz CT molecular complexity index is 177. The van der Waals surface area contributed by atoms with Crippen LogP contribution in [0.1, 0.15) is 6.42 Å². The van der Waals surface area contributed by atoms with E-state index in [2.05, 4.69) is 15.6 Å². The van der Waals surface area contributed by atoms with Gasteiger partial charge in [0.15, 0.2) is 12.6 Å². The maximum atomic E-state index is 4.78. The zero-order valence-electron chi connectivity index (χ0n) is 5.33. The summed E-state index contributed by atoms with van der Waals surface area (Å²) < 4.78 is 0. The van der Waals surface area contributed by atoms with Crippen LogP contribution in [0.15, 0.2) is 10.3 Å². The molecule has 0 aromatic heterocycles. The Hall–Kier alpha value is -1.26. The summed E-state index contributed by atoms with van der Waals surface area (Å²) in [6.07, 6.45) is 0.815. The second kappa shape index (κ2) is 2.17. The number of hydrogen-bond acceptors (Lipinski definition) is 5. The van der Waals surface area contributed by atoms with E-state index in [9.17, 15) is 0 Å². The molecule has 2 heterocycles. The standard InChI is InChI=1S/C5H7N3O2/c1-2-9-7-4(1)5-6-3-10-8-5/h1-3H2,(H,6,8). The lowest BCUT2D eigenvalue weighted by atomic mass is 10.3. The molecule has 0 aromatic rings. The van der Waals surface area contributed by atoms with Gasteiger partial charge in [-0.1, -0.05) is 10.3 Å². The predicted molar refractivity (Wildman–Crippen MR) is 34.5 cm³/mol. The summed E-state index contributed by atoms with van der Waals surface area (Å²) in [4.78, 5) is 9.49. The molecule has 0 spiro atoms. The molecular weight excluding hydrogens is 134 g/mol. The first-order valence-corrected chi connectivity index (χ1v) is 3.10. The Morgan fingerprint density at radius 2 is 2.30 bits per heavy atom. The number of amidine groups is 1. The average molecular weight is 141 g/mol. The van der Waals surface area contributed by atoms with Crippen molar-refractivity contribution in [2.24, 2.45) is 10.3 Å². The van der Waals surface area contributed by atoms with Crippen LogP contribution in [0.2, 0.25) is 0 Å². The molecule has 0 saturated carbocycles. The Morgan fingerprint density at radius 3 is 2.90 bits per heavy atom. The summed E-state index contributed by atoms with van der Waals surface area (Å²) in [5, 5.41) is 10.4. The molecule has 0 radical (unpaired) electrons. The smallest absolute Gasteiger partial charge is 0.193 e. The van der Waals surface area contributed by atoms with Crippen LogP contribution >= 0.6 is 0 Å². The molecule has 54 valence electrons. The van der Waals surface area contributed by atoms with Crippen LogP contribution < -0.4 is 5.32 Å². The zero-order chi connectivity index (χ0) is 6.81. The summed E-state index contributed by atoms with van der Waals surface area (Å²) >= 11 is 0. The molecular formula is C5H7N3O2. The lowest BCUT2D eigenvalue weighted by Crippen LogP contribution is -2.25. The highest BCUT2D eigenvalue weighted by Gasteiger charge is 2.18. The van der Waals surface area contributed by atoms with Crippen molar-refractivity contribution in [3.8, 4) is 0 Å². The van der Waals surface area contributed by atoms with Gasteiger partial charge in [0.2, 0.25) is 0 Å². The fourth-order valence-corrected chi connectivity index (χ4v) is 0.858. The molecule has 0 unspecified atom stereocenters. The van der Waals surface area contributed by atoms with Gasteiger partial charge in [-0.25, -0.2) is 0 Å². The van der Waals surface area contributed by atoms with Crippen LogP contribution in [0.5, 0.6) is 0 Å². The second-order valence-electron chi connectivity index (χ2n) is 2.01. The highest BCUT2D eigenvalue weighted by atomic mass is 16.7. The van der Waals surface area contributed by atoms with Crippen LogP contribution in [0.3, 0.4) is 0 Å². The van der Waals surface area contributed by atoms with E-state index in [-0.39, 0.29) is 0 Å². The van der Waals surface area contributed by atoms with E-state index in [1.165, 1.54) is 0 Å². The summed E-state index contributed by atoms with van der Waals surface area (Å²) in [6, 6.07) is 0. The van der Waals surface area contributed by atoms with E-state index in [1.807, 2.05) is 0 Å². The predicted octanol–water partition coefficient (Wildman–Crippen LogP) is -0.346. The highest BCUT2D eigenvalue weighted by Crippen LogP contribution is 2.02. The summed E-state index contributed by atoms with van der Waals surface area (Å²) in [5.74, 6) is 0.706. The Labute approximate surface area is 57.7 Å². The molecule has 0 aromatic carbocycles. The third-order valence-electron chi connectivity index (χ3n) is 1.34. The average Bonchev–Trinajstić information content (AvgIpc) is 2.59. The van der Waals surface area contributed by atoms with Crippen LogP contribution in [-0.2, 0) is 9.68 Å². The lowest BCUT2D eigenvalue weighted by Gasteiger charge is -1.91. The third-order valence-corrected chi connectivity index (χ3v) is 1.34. The molecule has 2 aliphatic rings. The van der Waals surface area contributed by atoms with Crippen molar-refractivity contribution in [1.82, 2.24) is 5.32 Å². The van der Waals surface area contributed by atoms with Crippen molar-refractivity contribution in [3.63, 3.8) is 0 Å². The first kappa shape index (κ1) is 5.52. The maximum absolute atomic E-state index is 4.78. The Morgan fingerprint density at radius 1 is 1.30 bits per heavy atom. The van der Waals surface area contributed by atoms with E-state index < -0.39 is 0 Å². The van der Waals surface area contributed by atoms with Crippen molar-refractivity contribution in [3.05, 3.63) is 0 Å². The lowest BCUT2D eigenvalue weighted by molar-refractivity contribution is 0.164. The topological polar surface area (TPSA) is 55.2 Å². The Balaban J connectivity index is 2.10. The van der Waals surface area contributed by atoms with Crippen LogP contribution in [0.25, 0.3) is 0 Å². The minimum Gasteiger partial charge on any atom is -0.395 e. The third kappa shape index (κ3) is 0.792. The van der Waals surface area contributed by atoms with Crippen molar-refractivity contribution >= 4 is 11.5 Å². The normalized spacial score (nSPS) is 22.4. The number of hydrogen-bond donors (Lipinski definition) is 1. The van der Waals surface area contributed by atoms with Crippen molar-refractivity contribution in [1.29, 1.82) is 0 Å². The van der Waals surface area contributed by atoms with Crippen molar-refractivity contribution in [2.45, 2.75) is 6.42 Å². The van der Waals surface area contributed by atoms with E-state index in [0.717, 1.165) is 12.1 Å². The number of oxime groups is 2. The molecule has 0 aliphatic carbocycles. The Kier molecular flexibility index (Phi) is 1.20. The zero-order valence-corrected chi connectivity index (χ0v) is 5.33. The molecule has 5 heteroatoms. The van der Waals surface area contributed by atoms with E-state index in [0.29, 0.717) is 19.2 Å². The second-order valence-corrected chi connectivity index (χ2v) is 2.01. The molecule has 1 N–H and O–H groups in total. The monoisotopic (exact) mass is 141 g/mol. The molecule has 2 rings (SSSR count). The maximum Gasteiger partial charge on any atom is 0.193 e. The molecule has 0 fully saturated rings. The summed E-state index contributed by atoms with van der Waals surface area (Å²) in [5.41, 5.74) is 0.845.